The van der Waals surface area contributed by atoms with Gasteiger partial charge in [-0.3, -0.25) is 4.57 Å². The zero-order chi connectivity index (χ0) is 14.3. The number of aliphatic hydroxyl groups excluding tert-OH is 2. The summed E-state index contributed by atoms with van der Waals surface area (Å²) in [6.45, 7) is 0. The van der Waals surface area contributed by atoms with E-state index in [9.17, 15) is 14.6 Å². The Kier molecular flexibility index (Phi) is 2.99. The molecule has 2 aromatic heterocycles. The SMILES string of the molecule is CNc1ncnc2c1ncn2[C@@H]1O/C(=C/F)[C@@H](O)[C@H]1O. The summed E-state index contributed by atoms with van der Waals surface area (Å²) in [4.78, 5) is 12.2. The Hall–Kier alpha value is -2.26. The molecular weight excluding hydrogens is 269 g/mol. The minimum absolute atomic E-state index is 0.126. The highest BCUT2D eigenvalue weighted by Crippen LogP contribution is 2.34. The van der Waals surface area contributed by atoms with Gasteiger partial charge in [0.25, 0.3) is 0 Å². The summed E-state index contributed by atoms with van der Waals surface area (Å²) in [5.74, 6) is 0.190. The maximum Gasteiger partial charge on any atom is 0.207 e. The number of imidazole rings is 1. The normalized spacial score (nSPS) is 28.0. The quantitative estimate of drug-likeness (QED) is 0.707. The molecule has 0 radical (unpaired) electrons. The Morgan fingerprint density at radius 3 is 2.85 bits per heavy atom. The van der Waals surface area contributed by atoms with E-state index in [1.807, 2.05) is 0 Å². The first-order valence-corrected chi connectivity index (χ1v) is 5.85. The van der Waals surface area contributed by atoms with E-state index in [1.54, 1.807) is 7.05 Å². The van der Waals surface area contributed by atoms with Gasteiger partial charge in [-0.1, -0.05) is 0 Å². The minimum Gasteiger partial charge on any atom is -0.466 e. The van der Waals surface area contributed by atoms with Gasteiger partial charge in [-0.25, -0.2) is 19.3 Å². The summed E-state index contributed by atoms with van der Waals surface area (Å²) in [5, 5.41) is 22.4. The molecule has 1 aliphatic rings. The highest BCUT2D eigenvalue weighted by Gasteiger charge is 2.41. The third-order valence-corrected chi connectivity index (χ3v) is 3.14. The number of fused-ring (bicyclic) bond motifs is 1. The van der Waals surface area contributed by atoms with Crippen molar-refractivity contribution in [2.24, 2.45) is 0 Å². The van der Waals surface area contributed by atoms with Crippen LogP contribution in [-0.2, 0) is 4.74 Å². The van der Waals surface area contributed by atoms with Gasteiger partial charge >= 0.3 is 0 Å². The topological polar surface area (TPSA) is 105 Å². The van der Waals surface area contributed by atoms with Crippen molar-refractivity contribution >= 4 is 17.0 Å². The van der Waals surface area contributed by atoms with Crippen LogP contribution in [0.3, 0.4) is 0 Å². The molecule has 0 aromatic carbocycles. The second-order valence-electron chi connectivity index (χ2n) is 4.25. The lowest BCUT2D eigenvalue weighted by Crippen LogP contribution is -2.27. The maximum atomic E-state index is 12.6. The van der Waals surface area contributed by atoms with Gasteiger partial charge in [0.2, 0.25) is 6.23 Å². The largest absolute Gasteiger partial charge is 0.466 e. The van der Waals surface area contributed by atoms with Crippen molar-refractivity contribution in [3.05, 3.63) is 24.7 Å². The number of ether oxygens (including phenoxy) is 1. The van der Waals surface area contributed by atoms with Crippen LogP contribution < -0.4 is 5.32 Å². The summed E-state index contributed by atoms with van der Waals surface area (Å²) < 4.78 is 19.2. The van der Waals surface area contributed by atoms with Gasteiger partial charge in [-0.2, -0.15) is 0 Å². The fourth-order valence-electron chi connectivity index (χ4n) is 2.14. The lowest BCUT2D eigenvalue weighted by molar-refractivity contribution is -0.0120. The molecule has 1 aliphatic heterocycles. The van der Waals surface area contributed by atoms with Crippen molar-refractivity contribution < 1.29 is 19.3 Å². The number of halogens is 1. The average Bonchev–Trinajstić information content (AvgIpc) is 3.01. The molecule has 20 heavy (non-hydrogen) atoms. The van der Waals surface area contributed by atoms with Crippen molar-refractivity contribution in [3.63, 3.8) is 0 Å². The lowest BCUT2D eigenvalue weighted by Gasteiger charge is -2.15. The van der Waals surface area contributed by atoms with Crippen LogP contribution in [0.25, 0.3) is 11.2 Å². The molecule has 106 valence electrons. The highest BCUT2D eigenvalue weighted by molar-refractivity contribution is 5.82. The number of aliphatic hydroxyl groups is 2. The number of nitrogens with one attached hydrogen (secondary N) is 1. The van der Waals surface area contributed by atoms with E-state index in [-0.39, 0.29) is 12.1 Å². The highest BCUT2D eigenvalue weighted by atomic mass is 19.1. The Balaban J connectivity index is 2.08. The van der Waals surface area contributed by atoms with Crippen LogP contribution in [0.15, 0.2) is 24.7 Å². The van der Waals surface area contributed by atoms with E-state index in [2.05, 4.69) is 20.3 Å². The van der Waals surface area contributed by atoms with E-state index >= 15 is 0 Å². The van der Waals surface area contributed by atoms with Gasteiger partial charge in [0, 0.05) is 7.05 Å². The molecule has 8 nitrogen and oxygen atoms in total. The zero-order valence-corrected chi connectivity index (χ0v) is 10.4. The maximum absolute atomic E-state index is 12.6. The standard InChI is InChI=1S/C11H12FN5O3/c1-13-9-6-10(15-3-14-9)17(4-16-6)11-8(19)7(18)5(2-12)20-11/h2-4,7-8,11,18-19H,1H3,(H,13,14,15)/b5-2+/t7-,8-,11-/m1/s1. The molecular formula is C11H12FN5O3. The predicted octanol–water partition coefficient (Wildman–Crippen LogP) is -0.0705. The van der Waals surface area contributed by atoms with E-state index < -0.39 is 18.4 Å². The van der Waals surface area contributed by atoms with Crippen molar-refractivity contribution in [2.75, 3.05) is 12.4 Å². The zero-order valence-electron chi connectivity index (χ0n) is 10.4. The Bertz CT molecular complexity index is 673. The van der Waals surface area contributed by atoms with Gasteiger partial charge in [-0.05, 0) is 0 Å². The van der Waals surface area contributed by atoms with E-state index in [0.717, 1.165) is 0 Å². The summed E-state index contributed by atoms with van der Waals surface area (Å²) in [5.41, 5.74) is 0.888. The molecule has 3 N–H and O–H groups in total. The van der Waals surface area contributed by atoms with Crippen LogP contribution >= 0.6 is 0 Å². The van der Waals surface area contributed by atoms with Crippen molar-refractivity contribution in [2.45, 2.75) is 18.4 Å². The van der Waals surface area contributed by atoms with Crippen LogP contribution in [0, 0.1) is 0 Å². The fourth-order valence-corrected chi connectivity index (χ4v) is 2.14. The van der Waals surface area contributed by atoms with Crippen LogP contribution in [0.5, 0.6) is 0 Å². The van der Waals surface area contributed by atoms with Crippen LogP contribution in [-0.4, -0.2) is 49.0 Å². The van der Waals surface area contributed by atoms with Crippen molar-refractivity contribution in [1.29, 1.82) is 0 Å². The van der Waals surface area contributed by atoms with Crippen LogP contribution in [0.4, 0.5) is 10.2 Å². The van der Waals surface area contributed by atoms with Crippen LogP contribution in [0.2, 0.25) is 0 Å². The second kappa shape index (κ2) is 4.69. The molecule has 0 saturated carbocycles. The van der Waals surface area contributed by atoms with Gasteiger partial charge in [-0.15, -0.1) is 0 Å². The summed E-state index contributed by atoms with van der Waals surface area (Å²) in [7, 11) is 1.69. The van der Waals surface area contributed by atoms with Crippen molar-refractivity contribution in [1.82, 2.24) is 19.5 Å². The number of rotatable bonds is 2. The number of nitrogens with zero attached hydrogens (tertiary/aromatic N) is 4. The monoisotopic (exact) mass is 281 g/mol. The molecule has 1 saturated heterocycles. The lowest BCUT2D eigenvalue weighted by atomic mass is 10.2. The Labute approximate surface area is 112 Å². The molecule has 9 heteroatoms. The number of hydrogen-bond donors (Lipinski definition) is 3. The fraction of sp³-hybridized carbons (Fsp3) is 0.364. The molecule has 0 unspecified atom stereocenters. The number of anilines is 1. The van der Waals surface area contributed by atoms with Gasteiger partial charge < -0.3 is 20.3 Å². The Morgan fingerprint density at radius 1 is 1.40 bits per heavy atom. The molecule has 3 atom stereocenters. The summed E-state index contributed by atoms with van der Waals surface area (Å²) in [6, 6.07) is 0. The van der Waals surface area contributed by atoms with Gasteiger partial charge in [0.1, 0.15) is 31.2 Å². The van der Waals surface area contributed by atoms with Gasteiger partial charge in [0.15, 0.2) is 22.7 Å². The Morgan fingerprint density at radius 2 is 2.20 bits per heavy atom. The predicted molar refractivity (Wildman–Crippen MR) is 66.2 cm³/mol. The molecule has 3 heterocycles. The molecule has 2 aromatic rings. The molecule has 0 amide bonds. The molecule has 0 spiro atoms. The number of aromatic nitrogens is 4. The number of hydrogen-bond acceptors (Lipinski definition) is 7. The average molecular weight is 281 g/mol. The smallest absolute Gasteiger partial charge is 0.207 e. The minimum atomic E-state index is -1.42. The van der Waals surface area contributed by atoms with E-state index in [4.69, 9.17) is 4.74 Å². The first-order chi connectivity index (χ1) is 9.67. The molecule has 3 rings (SSSR count). The van der Waals surface area contributed by atoms with E-state index in [1.165, 1.54) is 17.2 Å². The second-order valence-corrected chi connectivity index (χ2v) is 4.25. The summed E-state index contributed by atoms with van der Waals surface area (Å²) >= 11 is 0. The first kappa shape index (κ1) is 12.8. The van der Waals surface area contributed by atoms with E-state index in [0.29, 0.717) is 17.0 Å². The summed E-state index contributed by atoms with van der Waals surface area (Å²) in [6.07, 6.45) is -0.897. The third kappa shape index (κ3) is 1.71. The van der Waals surface area contributed by atoms with Crippen LogP contribution in [0.1, 0.15) is 6.23 Å². The molecule has 1 fully saturated rings. The van der Waals surface area contributed by atoms with Gasteiger partial charge in [0.05, 0.1) is 0 Å². The van der Waals surface area contributed by atoms with Crippen molar-refractivity contribution in [3.8, 4) is 0 Å². The molecule has 0 aliphatic carbocycles. The third-order valence-electron chi connectivity index (χ3n) is 3.14. The first-order valence-electron chi connectivity index (χ1n) is 5.85. The molecule has 0 bridgehead atoms.